The van der Waals surface area contributed by atoms with Gasteiger partial charge in [-0.25, -0.2) is 4.39 Å². The minimum absolute atomic E-state index is 0.0427. The van der Waals surface area contributed by atoms with Gasteiger partial charge >= 0.3 is 0 Å². The van der Waals surface area contributed by atoms with E-state index in [9.17, 15) is 9.18 Å². The fourth-order valence-electron chi connectivity index (χ4n) is 2.95. The van der Waals surface area contributed by atoms with Gasteiger partial charge in [0.1, 0.15) is 5.82 Å². The molecule has 3 rings (SSSR count). The van der Waals surface area contributed by atoms with Crippen LogP contribution >= 0.6 is 15.9 Å². The molecule has 126 valence electrons. The van der Waals surface area contributed by atoms with E-state index in [1.165, 1.54) is 6.07 Å². The number of halogens is 2. The first kappa shape index (κ1) is 16.9. The van der Waals surface area contributed by atoms with Crippen molar-refractivity contribution in [2.24, 2.45) is 5.73 Å². The molecule has 0 radical (unpaired) electrons. The Labute approximate surface area is 148 Å². The summed E-state index contributed by atoms with van der Waals surface area (Å²) in [6.45, 7) is 3.88. The van der Waals surface area contributed by atoms with E-state index in [1.807, 2.05) is 23.2 Å². The number of amides is 1. The summed E-state index contributed by atoms with van der Waals surface area (Å²) in [5, 5.41) is 0. The highest BCUT2D eigenvalue weighted by Crippen LogP contribution is 2.28. The van der Waals surface area contributed by atoms with Crippen molar-refractivity contribution in [3.63, 3.8) is 0 Å². The zero-order valence-corrected chi connectivity index (χ0v) is 14.7. The number of piperazine rings is 1. The molecule has 2 aromatic rings. The molecule has 0 aliphatic carbocycles. The Bertz CT molecular complexity index is 733. The second-order valence-electron chi connectivity index (χ2n) is 5.77. The van der Waals surface area contributed by atoms with Gasteiger partial charge in [-0.3, -0.25) is 14.7 Å². The highest BCUT2D eigenvalue weighted by atomic mass is 79.9. The number of carbonyl (C=O) groups is 1. The second-order valence-corrected chi connectivity index (χ2v) is 6.69. The van der Waals surface area contributed by atoms with Crippen LogP contribution < -0.4 is 10.6 Å². The smallest absolute Gasteiger partial charge is 0.253 e. The lowest BCUT2D eigenvalue weighted by atomic mass is 10.1. The fourth-order valence-corrected chi connectivity index (χ4v) is 3.37. The molecule has 7 heteroatoms. The van der Waals surface area contributed by atoms with Crippen molar-refractivity contribution in [1.82, 2.24) is 9.88 Å². The number of benzene rings is 1. The molecular formula is C17H18BrFN4O. The molecule has 1 fully saturated rings. The van der Waals surface area contributed by atoms with Crippen molar-refractivity contribution in [2.75, 3.05) is 31.1 Å². The Kier molecular flexibility index (Phi) is 5.11. The molecule has 2 N–H and O–H groups in total. The third-order valence-corrected chi connectivity index (χ3v) is 4.58. The van der Waals surface area contributed by atoms with Gasteiger partial charge in [0.15, 0.2) is 0 Å². The minimum atomic E-state index is -0.743. The largest absolute Gasteiger partial charge is 0.368 e. The molecule has 0 bridgehead atoms. The Balaban J connectivity index is 1.72. The third kappa shape index (κ3) is 3.73. The van der Waals surface area contributed by atoms with Crippen LogP contribution in [-0.4, -0.2) is 42.0 Å². The number of nitrogens with two attached hydrogens (primary N) is 1. The summed E-state index contributed by atoms with van der Waals surface area (Å²) in [7, 11) is 0. The van der Waals surface area contributed by atoms with Gasteiger partial charge in [0, 0.05) is 49.6 Å². The number of hydrogen-bond donors (Lipinski definition) is 1. The topological polar surface area (TPSA) is 62.5 Å². The van der Waals surface area contributed by atoms with E-state index in [1.54, 1.807) is 12.3 Å². The van der Waals surface area contributed by atoms with Gasteiger partial charge in [0.05, 0.1) is 11.3 Å². The highest BCUT2D eigenvalue weighted by Gasteiger charge is 2.23. The van der Waals surface area contributed by atoms with Gasteiger partial charge in [0.2, 0.25) is 0 Å². The lowest BCUT2D eigenvalue weighted by molar-refractivity contribution is 0.0996. The maximum Gasteiger partial charge on any atom is 0.253 e. The van der Waals surface area contributed by atoms with Crippen LogP contribution in [0.3, 0.4) is 0 Å². The molecule has 1 aromatic heterocycles. The molecule has 2 heterocycles. The molecular weight excluding hydrogens is 375 g/mol. The van der Waals surface area contributed by atoms with Crippen molar-refractivity contribution in [1.29, 1.82) is 0 Å². The zero-order valence-electron chi connectivity index (χ0n) is 13.1. The summed E-state index contributed by atoms with van der Waals surface area (Å²) >= 11 is 3.28. The van der Waals surface area contributed by atoms with Crippen molar-refractivity contribution >= 4 is 27.5 Å². The SMILES string of the molecule is NC(=O)c1c(F)cc(Br)cc1N1CCN(Cc2cccnc2)CC1. The van der Waals surface area contributed by atoms with E-state index >= 15 is 0 Å². The van der Waals surface area contributed by atoms with Crippen molar-refractivity contribution < 1.29 is 9.18 Å². The maximum absolute atomic E-state index is 14.1. The maximum atomic E-state index is 14.1. The van der Waals surface area contributed by atoms with Gasteiger partial charge in [-0.05, 0) is 23.8 Å². The summed E-state index contributed by atoms with van der Waals surface area (Å²) in [6, 6.07) is 6.99. The first-order valence-electron chi connectivity index (χ1n) is 7.69. The average molecular weight is 393 g/mol. The summed E-state index contributed by atoms with van der Waals surface area (Å²) in [6.07, 6.45) is 3.62. The molecule has 0 spiro atoms. The molecule has 1 aromatic carbocycles. The number of hydrogen-bond acceptors (Lipinski definition) is 4. The lowest BCUT2D eigenvalue weighted by Crippen LogP contribution is -2.46. The summed E-state index contributed by atoms with van der Waals surface area (Å²) in [4.78, 5) is 20.1. The predicted molar refractivity (Wildman–Crippen MR) is 94.3 cm³/mol. The number of carbonyl (C=O) groups excluding carboxylic acids is 1. The van der Waals surface area contributed by atoms with Gasteiger partial charge in [-0.1, -0.05) is 22.0 Å². The van der Waals surface area contributed by atoms with Crippen molar-refractivity contribution in [2.45, 2.75) is 6.54 Å². The molecule has 0 atom stereocenters. The van der Waals surface area contributed by atoms with E-state index in [2.05, 4.69) is 25.8 Å². The predicted octanol–water partition coefficient (Wildman–Crippen LogP) is 2.40. The van der Waals surface area contributed by atoms with E-state index in [0.29, 0.717) is 23.2 Å². The van der Waals surface area contributed by atoms with Crippen LogP contribution in [0.1, 0.15) is 15.9 Å². The molecule has 1 amide bonds. The van der Waals surface area contributed by atoms with Gasteiger partial charge < -0.3 is 10.6 Å². The van der Waals surface area contributed by atoms with E-state index in [-0.39, 0.29) is 5.56 Å². The van der Waals surface area contributed by atoms with Crippen LogP contribution in [0.15, 0.2) is 41.1 Å². The summed E-state index contributed by atoms with van der Waals surface area (Å²) in [5.41, 5.74) is 7.04. The Morgan fingerprint density at radius 2 is 2.04 bits per heavy atom. The molecule has 1 aliphatic rings. The first-order chi connectivity index (χ1) is 11.5. The Morgan fingerprint density at radius 1 is 1.29 bits per heavy atom. The first-order valence-corrected chi connectivity index (χ1v) is 8.49. The standard InChI is InChI=1S/C17H18BrFN4O/c18-13-8-14(19)16(17(20)24)15(9-13)23-6-4-22(5-7-23)11-12-2-1-3-21-10-12/h1-3,8-10H,4-7,11H2,(H2,20,24). The lowest BCUT2D eigenvalue weighted by Gasteiger charge is -2.36. The Hall–Kier alpha value is -1.99. The van der Waals surface area contributed by atoms with Crippen LogP contribution in [0.2, 0.25) is 0 Å². The number of anilines is 1. The monoisotopic (exact) mass is 392 g/mol. The third-order valence-electron chi connectivity index (χ3n) is 4.12. The molecule has 1 saturated heterocycles. The van der Waals surface area contributed by atoms with Gasteiger partial charge in [-0.2, -0.15) is 0 Å². The average Bonchev–Trinajstić information content (AvgIpc) is 2.55. The van der Waals surface area contributed by atoms with E-state index < -0.39 is 11.7 Å². The molecule has 5 nitrogen and oxygen atoms in total. The number of primary amides is 1. The zero-order chi connectivity index (χ0) is 17.1. The van der Waals surface area contributed by atoms with Gasteiger partial charge in [-0.15, -0.1) is 0 Å². The molecule has 24 heavy (non-hydrogen) atoms. The number of rotatable bonds is 4. The summed E-state index contributed by atoms with van der Waals surface area (Å²) < 4.78 is 14.7. The van der Waals surface area contributed by atoms with E-state index in [4.69, 9.17) is 5.73 Å². The second kappa shape index (κ2) is 7.27. The quantitative estimate of drug-likeness (QED) is 0.867. The molecule has 1 aliphatic heterocycles. The van der Waals surface area contributed by atoms with Crippen LogP contribution in [-0.2, 0) is 6.54 Å². The van der Waals surface area contributed by atoms with Gasteiger partial charge in [0.25, 0.3) is 5.91 Å². The number of pyridine rings is 1. The highest BCUT2D eigenvalue weighted by molar-refractivity contribution is 9.10. The van der Waals surface area contributed by atoms with Crippen molar-refractivity contribution in [3.05, 3.63) is 58.1 Å². The van der Waals surface area contributed by atoms with Crippen molar-refractivity contribution in [3.8, 4) is 0 Å². The molecule has 0 unspecified atom stereocenters. The Morgan fingerprint density at radius 3 is 2.67 bits per heavy atom. The van der Waals surface area contributed by atoms with E-state index in [0.717, 1.165) is 25.2 Å². The number of nitrogens with zero attached hydrogens (tertiary/aromatic N) is 3. The van der Waals surface area contributed by atoms with Crippen LogP contribution in [0.25, 0.3) is 0 Å². The fraction of sp³-hybridized carbons (Fsp3) is 0.294. The minimum Gasteiger partial charge on any atom is -0.368 e. The van der Waals surface area contributed by atoms with Crippen LogP contribution in [0, 0.1) is 5.82 Å². The normalized spacial score (nSPS) is 15.5. The number of aromatic nitrogens is 1. The van der Waals surface area contributed by atoms with Crippen LogP contribution in [0.4, 0.5) is 10.1 Å². The molecule has 0 saturated carbocycles. The van der Waals surface area contributed by atoms with Crippen LogP contribution in [0.5, 0.6) is 0 Å². The summed E-state index contributed by atoms with van der Waals surface area (Å²) in [5.74, 6) is -1.34.